The number of benzene rings is 1. The number of halogens is 1. The highest BCUT2D eigenvalue weighted by molar-refractivity contribution is 6.30. The van der Waals surface area contributed by atoms with Crippen molar-refractivity contribution in [1.29, 1.82) is 0 Å². The first-order valence-corrected chi connectivity index (χ1v) is 8.37. The molecule has 1 atom stereocenters. The number of piperidine rings is 3. The van der Waals surface area contributed by atoms with Crippen LogP contribution in [0.5, 0.6) is 0 Å². The molecule has 4 heterocycles. The van der Waals surface area contributed by atoms with Crippen molar-refractivity contribution in [2.45, 2.75) is 18.9 Å². The molecule has 2 N–H and O–H groups in total. The summed E-state index contributed by atoms with van der Waals surface area (Å²) in [7, 11) is 0. The molecule has 1 aromatic rings. The van der Waals surface area contributed by atoms with Gasteiger partial charge in [0.25, 0.3) is 11.8 Å². The molecule has 4 aliphatic rings. The molecule has 0 aromatic heterocycles. The van der Waals surface area contributed by atoms with E-state index in [0.29, 0.717) is 16.6 Å². The summed E-state index contributed by atoms with van der Waals surface area (Å²) in [6.45, 7) is 3.22. The van der Waals surface area contributed by atoms with Gasteiger partial charge in [0.1, 0.15) is 0 Å². The van der Waals surface area contributed by atoms with Gasteiger partial charge in [0.05, 0.1) is 11.7 Å². The summed E-state index contributed by atoms with van der Waals surface area (Å²) in [5.41, 5.74) is 0.714. The maximum atomic E-state index is 10.5. The summed E-state index contributed by atoms with van der Waals surface area (Å²) in [4.78, 5) is 5.78. The molecule has 0 radical (unpaired) electrons. The van der Waals surface area contributed by atoms with E-state index in [-0.39, 0.29) is 17.8 Å². The topological polar surface area (TPSA) is 50.2 Å². The fourth-order valence-corrected chi connectivity index (χ4v) is 4.04. The second-order valence-electron chi connectivity index (χ2n) is 6.41. The molecule has 0 amide bonds. The summed E-state index contributed by atoms with van der Waals surface area (Å²) in [5.74, 6) is 0.315. The molecular weight excluding hydrogens is 314 g/mol. The molecule has 1 unspecified atom stereocenters. The number of fused-ring (bicyclic) bond motifs is 3. The molecule has 122 valence electrons. The summed E-state index contributed by atoms with van der Waals surface area (Å²) in [6, 6.07) is 7.40. The van der Waals surface area contributed by atoms with Crippen molar-refractivity contribution < 1.29 is 10.2 Å². The van der Waals surface area contributed by atoms with Gasteiger partial charge in [-0.1, -0.05) is 17.7 Å². The lowest BCUT2D eigenvalue weighted by molar-refractivity contribution is 0.0160. The van der Waals surface area contributed by atoms with Gasteiger partial charge in [-0.2, -0.15) is 0 Å². The number of aliphatic hydroxyl groups is 2. The van der Waals surface area contributed by atoms with Crippen molar-refractivity contribution in [3.8, 4) is 0 Å². The standard InChI is InChI=1S/C17H20ClN3O2/c18-13-2-1-3-14(10-13)20-8-9-21(17(23)16(20)22)15-11-19-6-4-12(15)5-7-19/h1-3,8-10,12,15,22-23H,4-7,11H2. The van der Waals surface area contributed by atoms with Gasteiger partial charge in [0.2, 0.25) is 0 Å². The summed E-state index contributed by atoms with van der Waals surface area (Å²) < 4.78 is 0. The lowest BCUT2D eigenvalue weighted by Crippen LogP contribution is -2.56. The Morgan fingerprint density at radius 1 is 1.04 bits per heavy atom. The van der Waals surface area contributed by atoms with Crippen molar-refractivity contribution in [2.75, 3.05) is 24.5 Å². The Morgan fingerprint density at radius 2 is 1.83 bits per heavy atom. The second kappa shape index (κ2) is 5.65. The molecule has 0 spiro atoms. The van der Waals surface area contributed by atoms with Crippen LogP contribution >= 0.6 is 11.6 Å². The van der Waals surface area contributed by atoms with Gasteiger partial charge in [-0.3, -0.25) is 4.90 Å². The highest BCUT2D eigenvalue weighted by Crippen LogP contribution is 2.35. The van der Waals surface area contributed by atoms with Crippen LogP contribution in [-0.4, -0.2) is 45.7 Å². The maximum absolute atomic E-state index is 10.5. The number of anilines is 1. The van der Waals surface area contributed by atoms with Crippen LogP contribution in [0.2, 0.25) is 5.02 Å². The third kappa shape index (κ3) is 2.54. The Morgan fingerprint density at radius 3 is 2.48 bits per heavy atom. The molecule has 1 aromatic carbocycles. The van der Waals surface area contributed by atoms with Crippen LogP contribution in [0.3, 0.4) is 0 Å². The first-order valence-electron chi connectivity index (χ1n) is 7.99. The lowest BCUT2D eigenvalue weighted by atomic mass is 9.83. The largest absolute Gasteiger partial charge is 0.491 e. The molecular formula is C17H20ClN3O2. The van der Waals surface area contributed by atoms with E-state index in [4.69, 9.17) is 11.6 Å². The van der Waals surface area contributed by atoms with Gasteiger partial charge < -0.3 is 20.0 Å². The van der Waals surface area contributed by atoms with Crippen molar-refractivity contribution >= 4 is 17.3 Å². The predicted molar refractivity (Wildman–Crippen MR) is 90.1 cm³/mol. The maximum Gasteiger partial charge on any atom is 0.258 e. The molecule has 0 aliphatic carbocycles. The molecule has 5 nitrogen and oxygen atoms in total. The van der Waals surface area contributed by atoms with Crippen molar-refractivity contribution in [2.24, 2.45) is 5.92 Å². The summed E-state index contributed by atoms with van der Waals surface area (Å²) in [6.07, 6.45) is 5.93. The molecule has 2 bridgehead atoms. The fourth-order valence-electron chi connectivity index (χ4n) is 3.85. The molecule has 0 saturated carbocycles. The van der Waals surface area contributed by atoms with Crippen LogP contribution in [0.25, 0.3) is 0 Å². The lowest BCUT2D eigenvalue weighted by Gasteiger charge is -2.49. The van der Waals surface area contributed by atoms with Crippen LogP contribution in [0, 0.1) is 5.92 Å². The monoisotopic (exact) mass is 333 g/mol. The van der Waals surface area contributed by atoms with Crippen LogP contribution in [0.15, 0.2) is 48.4 Å². The van der Waals surface area contributed by atoms with Gasteiger partial charge in [-0.15, -0.1) is 0 Å². The van der Waals surface area contributed by atoms with E-state index in [1.165, 1.54) is 0 Å². The summed E-state index contributed by atoms with van der Waals surface area (Å²) in [5, 5.41) is 21.6. The van der Waals surface area contributed by atoms with E-state index in [9.17, 15) is 10.2 Å². The number of rotatable bonds is 2. The predicted octanol–water partition coefficient (Wildman–Crippen LogP) is 3.27. The zero-order chi connectivity index (χ0) is 16.0. The Hall–Kier alpha value is -1.85. The van der Waals surface area contributed by atoms with Crippen LogP contribution in [0.4, 0.5) is 5.69 Å². The van der Waals surface area contributed by atoms with Crippen molar-refractivity contribution in [1.82, 2.24) is 9.80 Å². The zero-order valence-corrected chi connectivity index (χ0v) is 13.5. The van der Waals surface area contributed by atoms with E-state index < -0.39 is 0 Å². The minimum atomic E-state index is -0.161. The Labute approximate surface area is 140 Å². The first kappa shape index (κ1) is 14.7. The molecule has 5 rings (SSSR count). The van der Waals surface area contributed by atoms with Gasteiger partial charge in [0.15, 0.2) is 0 Å². The van der Waals surface area contributed by atoms with Crippen molar-refractivity contribution in [3.05, 3.63) is 53.5 Å². The minimum Gasteiger partial charge on any atom is -0.491 e. The van der Waals surface area contributed by atoms with E-state index in [0.717, 1.165) is 32.5 Å². The van der Waals surface area contributed by atoms with E-state index >= 15 is 0 Å². The first-order chi connectivity index (χ1) is 11.1. The molecule has 23 heavy (non-hydrogen) atoms. The number of hydrogen-bond donors (Lipinski definition) is 2. The van der Waals surface area contributed by atoms with E-state index in [2.05, 4.69) is 4.90 Å². The Balaban J connectivity index is 1.60. The average Bonchev–Trinajstić information content (AvgIpc) is 2.58. The highest BCUT2D eigenvalue weighted by atomic mass is 35.5. The van der Waals surface area contributed by atoms with Gasteiger partial charge >= 0.3 is 0 Å². The van der Waals surface area contributed by atoms with Crippen LogP contribution in [-0.2, 0) is 0 Å². The summed E-state index contributed by atoms with van der Waals surface area (Å²) >= 11 is 6.01. The Kier molecular flexibility index (Phi) is 3.62. The molecule has 4 aliphatic heterocycles. The number of hydrogen-bond acceptors (Lipinski definition) is 5. The van der Waals surface area contributed by atoms with E-state index in [1.54, 1.807) is 23.2 Å². The normalized spacial score (nSPS) is 30.2. The molecule has 3 saturated heterocycles. The smallest absolute Gasteiger partial charge is 0.258 e. The van der Waals surface area contributed by atoms with Crippen molar-refractivity contribution in [3.63, 3.8) is 0 Å². The number of nitrogens with zero attached hydrogens (tertiary/aromatic N) is 3. The third-order valence-corrected chi connectivity index (χ3v) is 5.35. The average molecular weight is 334 g/mol. The van der Waals surface area contributed by atoms with Crippen LogP contribution in [0.1, 0.15) is 12.8 Å². The zero-order valence-electron chi connectivity index (χ0n) is 12.8. The highest BCUT2D eigenvalue weighted by Gasteiger charge is 2.39. The molecule has 3 fully saturated rings. The van der Waals surface area contributed by atoms with E-state index in [1.807, 2.05) is 23.2 Å². The Bertz CT molecular complexity index is 668. The molecule has 6 heteroatoms. The minimum absolute atomic E-state index is 0.0915. The van der Waals surface area contributed by atoms with Crippen LogP contribution < -0.4 is 4.90 Å². The fraction of sp³-hybridized carbons (Fsp3) is 0.412. The quantitative estimate of drug-likeness (QED) is 0.870. The second-order valence-corrected chi connectivity index (χ2v) is 6.84. The third-order valence-electron chi connectivity index (χ3n) is 5.11. The van der Waals surface area contributed by atoms with Gasteiger partial charge in [-0.25, -0.2) is 0 Å². The van der Waals surface area contributed by atoms with Gasteiger partial charge in [-0.05, 0) is 50.0 Å². The SMILES string of the molecule is OC1=C(O)N(C2CN3CCC2CC3)C=CN1c1cccc(Cl)c1. The van der Waals surface area contributed by atoms with Gasteiger partial charge in [0, 0.05) is 24.0 Å². The number of aliphatic hydroxyl groups excluding tert-OH is 2.